The molecule has 120 valence electrons. The van der Waals surface area contributed by atoms with Gasteiger partial charge in [-0.3, -0.25) is 0 Å². The molecule has 1 aliphatic rings. The predicted octanol–water partition coefficient (Wildman–Crippen LogP) is 3.42. The zero-order valence-corrected chi connectivity index (χ0v) is 13.1. The summed E-state index contributed by atoms with van der Waals surface area (Å²) in [7, 11) is 0. The van der Waals surface area contributed by atoms with Gasteiger partial charge in [0.1, 0.15) is 16.5 Å². The molecule has 0 atom stereocenters. The standard InChI is InChI=1S/C14H13F2N5OS/c1-6-18-12(17-5-9-20-13(11(15)16)21-22-9)10-7-3-2-4-8(7)23-14(10)19-6/h11H,2-5H2,1H3,(H,17,18,19). The molecular formula is C14H13F2N5OS. The molecule has 3 aromatic heterocycles. The molecule has 0 fully saturated rings. The van der Waals surface area contributed by atoms with Crippen molar-refractivity contribution >= 4 is 27.4 Å². The Bertz CT molecular complexity index is 876. The number of alkyl halides is 2. The van der Waals surface area contributed by atoms with Crippen LogP contribution in [0, 0.1) is 6.92 Å². The van der Waals surface area contributed by atoms with Crippen LogP contribution in [0.3, 0.4) is 0 Å². The molecule has 0 saturated heterocycles. The molecule has 1 N–H and O–H groups in total. The van der Waals surface area contributed by atoms with E-state index >= 15 is 0 Å². The zero-order valence-electron chi connectivity index (χ0n) is 12.3. The fourth-order valence-electron chi connectivity index (χ4n) is 2.82. The minimum atomic E-state index is -2.74. The number of nitrogens with zero attached hydrogens (tertiary/aromatic N) is 4. The van der Waals surface area contributed by atoms with E-state index in [0.717, 1.165) is 29.5 Å². The highest BCUT2D eigenvalue weighted by atomic mass is 32.1. The molecule has 0 radical (unpaired) electrons. The van der Waals surface area contributed by atoms with Gasteiger partial charge in [0.2, 0.25) is 11.7 Å². The van der Waals surface area contributed by atoms with Gasteiger partial charge in [0, 0.05) is 4.88 Å². The van der Waals surface area contributed by atoms with E-state index in [9.17, 15) is 8.78 Å². The van der Waals surface area contributed by atoms with Gasteiger partial charge in [-0.1, -0.05) is 5.16 Å². The number of rotatable bonds is 4. The highest BCUT2D eigenvalue weighted by molar-refractivity contribution is 7.19. The Labute approximate surface area is 133 Å². The Kier molecular flexibility index (Phi) is 3.44. The molecular weight excluding hydrogens is 324 g/mol. The lowest BCUT2D eigenvalue weighted by Crippen LogP contribution is -2.04. The van der Waals surface area contributed by atoms with Crippen molar-refractivity contribution < 1.29 is 13.3 Å². The molecule has 0 amide bonds. The van der Waals surface area contributed by atoms with Crippen LogP contribution in [0.5, 0.6) is 0 Å². The average molecular weight is 337 g/mol. The minimum Gasteiger partial charge on any atom is -0.360 e. The van der Waals surface area contributed by atoms with Crippen LogP contribution in [-0.2, 0) is 19.4 Å². The van der Waals surface area contributed by atoms with Crippen LogP contribution in [-0.4, -0.2) is 20.1 Å². The highest BCUT2D eigenvalue weighted by Gasteiger charge is 2.22. The molecule has 6 nitrogen and oxygen atoms in total. The Morgan fingerprint density at radius 1 is 1.26 bits per heavy atom. The molecule has 0 bridgehead atoms. The van der Waals surface area contributed by atoms with Gasteiger partial charge in [0.25, 0.3) is 0 Å². The Hall–Kier alpha value is -2.16. The summed E-state index contributed by atoms with van der Waals surface area (Å²) in [6, 6.07) is 0. The molecule has 0 saturated carbocycles. The fraction of sp³-hybridized carbons (Fsp3) is 0.429. The van der Waals surface area contributed by atoms with Crippen LogP contribution in [0.4, 0.5) is 14.6 Å². The molecule has 0 aromatic carbocycles. The molecule has 0 spiro atoms. The molecule has 0 unspecified atom stereocenters. The van der Waals surface area contributed by atoms with Gasteiger partial charge in [-0.15, -0.1) is 11.3 Å². The Morgan fingerprint density at radius 2 is 2.13 bits per heavy atom. The van der Waals surface area contributed by atoms with Gasteiger partial charge in [-0.2, -0.15) is 4.98 Å². The second-order valence-corrected chi connectivity index (χ2v) is 6.44. The predicted molar refractivity (Wildman–Crippen MR) is 80.8 cm³/mol. The van der Waals surface area contributed by atoms with E-state index in [1.165, 1.54) is 10.4 Å². The number of anilines is 1. The fourth-order valence-corrected chi connectivity index (χ4v) is 4.13. The molecule has 3 heterocycles. The maximum atomic E-state index is 12.5. The van der Waals surface area contributed by atoms with Crippen molar-refractivity contribution in [3.63, 3.8) is 0 Å². The normalized spacial score (nSPS) is 13.9. The lowest BCUT2D eigenvalue weighted by molar-refractivity contribution is 0.136. The van der Waals surface area contributed by atoms with Crippen LogP contribution >= 0.6 is 11.3 Å². The van der Waals surface area contributed by atoms with Crippen LogP contribution in [0.2, 0.25) is 0 Å². The van der Waals surface area contributed by atoms with Crippen LogP contribution in [0.25, 0.3) is 10.2 Å². The molecule has 4 rings (SSSR count). The monoisotopic (exact) mass is 337 g/mol. The van der Waals surface area contributed by atoms with E-state index in [0.29, 0.717) is 11.6 Å². The average Bonchev–Trinajstić information content (AvgIpc) is 3.19. The smallest absolute Gasteiger partial charge is 0.300 e. The van der Waals surface area contributed by atoms with Crippen LogP contribution in [0.1, 0.15) is 40.8 Å². The second-order valence-electron chi connectivity index (χ2n) is 5.36. The van der Waals surface area contributed by atoms with Crippen LogP contribution < -0.4 is 5.32 Å². The number of halogens is 2. The third-order valence-corrected chi connectivity index (χ3v) is 4.95. The first-order valence-corrected chi connectivity index (χ1v) is 8.07. The number of hydrogen-bond acceptors (Lipinski definition) is 7. The van der Waals surface area contributed by atoms with E-state index in [1.54, 1.807) is 11.3 Å². The maximum Gasteiger partial charge on any atom is 0.300 e. The largest absolute Gasteiger partial charge is 0.360 e. The number of thiophene rings is 1. The van der Waals surface area contributed by atoms with Gasteiger partial charge in [0.05, 0.1) is 11.9 Å². The lowest BCUT2D eigenvalue weighted by atomic mass is 10.2. The van der Waals surface area contributed by atoms with E-state index in [1.807, 2.05) is 6.92 Å². The first-order chi connectivity index (χ1) is 11.1. The molecule has 23 heavy (non-hydrogen) atoms. The van der Waals surface area contributed by atoms with Gasteiger partial charge in [0.15, 0.2) is 0 Å². The van der Waals surface area contributed by atoms with Crippen molar-refractivity contribution in [1.29, 1.82) is 0 Å². The minimum absolute atomic E-state index is 0.108. The summed E-state index contributed by atoms with van der Waals surface area (Å²) in [5, 5.41) is 7.41. The summed E-state index contributed by atoms with van der Waals surface area (Å²) in [4.78, 5) is 14.9. The SMILES string of the molecule is Cc1nc(NCc2nc(C(F)F)no2)c2c3c(sc2n1)CCC3. The highest BCUT2D eigenvalue weighted by Crippen LogP contribution is 2.39. The van der Waals surface area contributed by atoms with Crippen molar-refractivity contribution in [1.82, 2.24) is 20.1 Å². The van der Waals surface area contributed by atoms with Gasteiger partial charge < -0.3 is 9.84 Å². The van der Waals surface area contributed by atoms with E-state index in [4.69, 9.17) is 4.52 Å². The number of aromatic nitrogens is 4. The van der Waals surface area contributed by atoms with E-state index in [2.05, 4.69) is 25.4 Å². The first-order valence-electron chi connectivity index (χ1n) is 7.25. The topological polar surface area (TPSA) is 76.7 Å². The van der Waals surface area contributed by atoms with Crippen LogP contribution in [0.15, 0.2) is 4.52 Å². The zero-order chi connectivity index (χ0) is 16.0. The third kappa shape index (κ3) is 2.54. The third-order valence-electron chi connectivity index (χ3n) is 3.76. The van der Waals surface area contributed by atoms with Crippen molar-refractivity contribution in [3.05, 3.63) is 28.0 Å². The lowest BCUT2D eigenvalue weighted by Gasteiger charge is -2.06. The van der Waals surface area contributed by atoms with Crippen molar-refractivity contribution in [2.75, 3.05) is 5.32 Å². The summed E-state index contributed by atoms with van der Waals surface area (Å²) in [6.07, 6.45) is 0.509. The summed E-state index contributed by atoms with van der Waals surface area (Å²) < 4.78 is 29.8. The van der Waals surface area contributed by atoms with E-state index < -0.39 is 12.2 Å². The maximum absolute atomic E-state index is 12.5. The van der Waals surface area contributed by atoms with Gasteiger partial charge in [-0.05, 0) is 31.7 Å². The first kappa shape index (κ1) is 14.4. The number of fused-ring (bicyclic) bond motifs is 3. The van der Waals surface area contributed by atoms with Crippen molar-refractivity contribution in [2.24, 2.45) is 0 Å². The number of aryl methyl sites for hydroxylation is 3. The Morgan fingerprint density at radius 3 is 2.91 bits per heavy atom. The summed E-state index contributed by atoms with van der Waals surface area (Å²) in [5.74, 6) is 0.876. The van der Waals surface area contributed by atoms with Gasteiger partial charge >= 0.3 is 6.43 Å². The number of nitrogens with one attached hydrogen (secondary N) is 1. The molecule has 0 aliphatic heterocycles. The molecule has 1 aliphatic carbocycles. The van der Waals surface area contributed by atoms with Crippen molar-refractivity contribution in [2.45, 2.75) is 39.2 Å². The molecule has 9 heteroatoms. The van der Waals surface area contributed by atoms with E-state index in [-0.39, 0.29) is 12.4 Å². The Balaban J connectivity index is 1.65. The summed E-state index contributed by atoms with van der Waals surface area (Å²) >= 11 is 1.70. The summed E-state index contributed by atoms with van der Waals surface area (Å²) in [5.41, 5.74) is 1.30. The van der Waals surface area contributed by atoms with Gasteiger partial charge in [-0.25, -0.2) is 18.7 Å². The summed E-state index contributed by atoms with van der Waals surface area (Å²) in [6.45, 7) is 1.98. The van der Waals surface area contributed by atoms with Crippen molar-refractivity contribution in [3.8, 4) is 0 Å². The second kappa shape index (κ2) is 5.48. The quantitative estimate of drug-likeness (QED) is 0.786. The molecule has 3 aromatic rings. The number of hydrogen-bond donors (Lipinski definition) is 1.